The fourth-order valence-corrected chi connectivity index (χ4v) is 1.47. The van der Waals surface area contributed by atoms with Gasteiger partial charge in [-0.3, -0.25) is 0 Å². The van der Waals surface area contributed by atoms with Crippen molar-refractivity contribution in [3.63, 3.8) is 0 Å². The summed E-state index contributed by atoms with van der Waals surface area (Å²) in [4.78, 5) is 11.0. The molecule has 0 aromatic carbocycles. The topological polar surface area (TPSA) is 38.3 Å². The molecule has 1 rings (SSSR count). The van der Waals surface area contributed by atoms with Crippen molar-refractivity contribution in [2.24, 2.45) is 11.8 Å². The van der Waals surface area contributed by atoms with Crippen LogP contribution in [0.5, 0.6) is 0 Å². The number of nitrogens with one attached hydrogen (secondary N) is 1. The predicted octanol–water partition coefficient (Wildman–Crippen LogP) is 2.17. The maximum absolute atomic E-state index is 11.0. The fourth-order valence-electron chi connectivity index (χ4n) is 1.47. The highest BCUT2D eigenvalue weighted by atomic mass is 16.5. The molecular formula is C10H19NO2. The molecule has 1 saturated carbocycles. The van der Waals surface area contributed by atoms with Gasteiger partial charge in [-0.2, -0.15) is 0 Å². The van der Waals surface area contributed by atoms with Gasteiger partial charge in [-0.05, 0) is 32.1 Å². The van der Waals surface area contributed by atoms with E-state index in [1.54, 1.807) is 0 Å². The van der Waals surface area contributed by atoms with Crippen LogP contribution in [0.4, 0.5) is 4.79 Å². The average Bonchev–Trinajstić information content (AvgIpc) is 2.78. The van der Waals surface area contributed by atoms with E-state index < -0.39 is 0 Å². The summed E-state index contributed by atoms with van der Waals surface area (Å²) in [5, 5.41) is 2.70. The molecule has 0 aromatic heterocycles. The highest BCUT2D eigenvalue weighted by molar-refractivity contribution is 5.67. The van der Waals surface area contributed by atoms with E-state index in [0.717, 1.165) is 5.92 Å². The SMILES string of the molecule is CC[C@@H]1C[C@@H]1COC(=O)NC(C)C. The zero-order chi connectivity index (χ0) is 9.84. The molecule has 1 fully saturated rings. The number of carbonyl (C=O) groups excluding carboxylic acids is 1. The van der Waals surface area contributed by atoms with Crippen LogP contribution in [0.15, 0.2) is 0 Å². The molecule has 1 amide bonds. The summed E-state index contributed by atoms with van der Waals surface area (Å²) in [6, 6.07) is 0.161. The third-order valence-electron chi connectivity index (χ3n) is 2.43. The maximum Gasteiger partial charge on any atom is 0.407 e. The Hall–Kier alpha value is -0.730. The van der Waals surface area contributed by atoms with Crippen molar-refractivity contribution in [2.45, 2.75) is 39.7 Å². The second kappa shape index (κ2) is 4.49. The third kappa shape index (κ3) is 3.66. The smallest absolute Gasteiger partial charge is 0.407 e. The van der Waals surface area contributed by atoms with Gasteiger partial charge in [0.05, 0.1) is 6.61 Å². The molecule has 0 radical (unpaired) electrons. The summed E-state index contributed by atoms with van der Waals surface area (Å²) in [6.45, 7) is 6.62. The Morgan fingerprint density at radius 2 is 2.23 bits per heavy atom. The summed E-state index contributed by atoms with van der Waals surface area (Å²) in [5.41, 5.74) is 0. The van der Waals surface area contributed by atoms with Crippen LogP contribution >= 0.6 is 0 Å². The molecule has 0 unspecified atom stereocenters. The lowest BCUT2D eigenvalue weighted by molar-refractivity contribution is 0.136. The summed E-state index contributed by atoms with van der Waals surface area (Å²) >= 11 is 0. The first-order chi connectivity index (χ1) is 6.13. The van der Waals surface area contributed by atoms with Gasteiger partial charge >= 0.3 is 6.09 Å². The van der Waals surface area contributed by atoms with E-state index in [9.17, 15) is 4.79 Å². The minimum Gasteiger partial charge on any atom is -0.449 e. The molecule has 13 heavy (non-hydrogen) atoms. The van der Waals surface area contributed by atoms with Crippen LogP contribution in [0.2, 0.25) is 0 Å². The standard InChI is InChI=1S/C10H19NO2/c1-4-8-5-9(8)6-13-10(12)11-7(2)3/h7-9H,4-6H2,1-3H3,(H,11,12)/t8-,9-/m1/s1. The Balaban J connectivity index is 2.03. The van der Waals surface area contributed by atoms with Gasteiger partial charge in [-0.1, -0.05) is 13.3 Å². The normalized spacial score (nSPS) is 25.8. The zero-order valence-corrected chi connectivity index (χ0v) is 8.67. The van der Waals surface area contributed by atoms with Crippen LogP contribution in [-0.2, 0) is 4.74 Å². The first kappa shape index (κ1) is 10.4. The number of ether oxygens (including phenoxy) is 1. The van der Waals surface area contributed by atoms with E-state index in [1.807, 2.05) is 13.8 Å². The number of alkyl carbamates (subject to hydrolysis) is 1. The summed E-state index contributed by atoms with van der Waals surface area (Å²) in [6.07, 6.45) is 2.16. The second-order valence-electron chi connectivity index (χ2n) is 4.06. The third-order valence-corrected chi connectivity index (χ3v) is 2.43. The maximum atomic E-state index is 11.0. The Morgan fingerprint density at radius 1 is 1.54 bits per heavy atom. The van der Waals surface area contributed by atoms with E-state index in [4.69, 9.17) is 4.74 Å². The molecular weight excluding hydrogens is 166 g/mol. The van der Waals surface area contributed by atoms with Gasteiger partial charge in [-0.15, -0.1) is 0 Å². The molecule has 0 bridgehead atoms. The summed E-state index contributed by atoms with van der Waals surface area (Å²) < 4.78 is 5.06. The molecule has 0 aromatic rings. The monoisotopic (exact) mass is 185 g/mol. The molecule has 0 aliphatic heterocycles. The van der Waals surface area contributed by atoms with Crippen molar-refractivity contribution in [2.75, 3.05) is 6.61 Å². The van der Waals surface area contributed by atoms with Crippen LogP contribution in [0.1, 0.15) is 33.6 Å². The molecule has 1 aliphatic rings. The molecule has 76 valence electrons. The van der Waals surface area contributed by atoms with Crippen molar-refractivity contribution < 1.29 is 9.53 Å². The van der Waals surface area contributed by atoms with Crippen LogP contribution in [0.25, 0.3) is 0 Å². The molecule has 3 nitrogen and oxygen atoms in total. The lowest BCUT2D eigenvalue weighted by atomic mass is 10.3. The van der Waals surface area contributed by atoms with Gasteiger partial charge in [0.15, 0.2) is 0 Å². The van der Waals surface area contributed by atoms with Crippen molar-refractivity contribution >= 4 is 6.09 Å². The number of hydrogen-bond acceptors (Lipinski definition) is 2. The van der Waals surface area contributed by atoms with Gasteiger partial charge in [0.1, 0.15) is 0 Å². The molecule has 1 aliphatic carbocycles. The van der Waals surface area contributed by atoms with E-state index in [1.165, 1.54) is 12.8 Å². The summed E-state index contributed by atoms with van der Waals surface area (Å²) in [5.74, 6) is 1.43. The minimum absolute atomic E-state index is 0.161. The number of carbonyl (C=O) groups is 1. The number of hydrogen-bond donors (Lipinski definition) is 1. The molecule has 2 atom stereocenters. The lowest BCUT2D eigenvalue weighted by Crippen LogP contribution is -2.31. The summed E-state index contributed by atoms with van der Waals surface area (Å²) in [7, 11) is 0. The second-order valence-corrected chi connectivity index (χ2v) is 4.06. The lowest BCUT2D eigenvalue weighted by Gasteiger charge is -2.08. The van der Waals surface area contributed by atoms with Crippen molar-refractivity contribution in [1.29, 1.82) is 0 Å². The first-order valence-electron chi connectivity index (χ1n) is 5.06. The van der Waals surface area contributed by atoms with Crippen LogP contribution in [-0.4, -0.2) is 18.7 Å². The Bertz CT molecular complexity index is 180. The minimum atomic E-state index is -0.281. The first-order valence-corrected chi connectivity index (χ1v) is 5.06. The van der Waals surface area contributed by atoms with E-state index in [-0.39, 0.29) is 12.1 Å². The van der Waals surface area contributed by atoms with Gasteiger partial charge < -0.3 is 10.1 Å². The average molecular weight is 185 g/mol. The van der Waals surface area contributed by atoms with Crippen molar-refractivity contribution in [3.8, 4) is 0 Å². The van der Waals surface area contributed by atoms with E-state index in [0.29, 0.717) is 12.5 Å². The Morgan fingerprint density at radius 3 is 2.69 bits per heavy atom. The van der Waals surface area contributed by atoms with Crippen LogP contribution in [0, 0.1) is 11.8 Å². The molecule has 1 N–H and O–H groups in total. The zero-order valence-electron chi connectivity index (χ0n) is 8.67. The van der Waals surface area contributed by atoms with Gasteiger partial charge in [0.25, 0.3) is 0 Å². The van der Waals surface area contributed by atoms with Gasteiger partial charge in [0, 0.05) is 6.04 Å². The van der Waals surface area contributed by atoms with Crippen LogP contribution < -0.4 is 5.32 Å². The fraction of sp³-hybridized carbons (Fsp3) is 0.900. The quantitative estimate of drug-likeness (QED) is 0.729. The Labute approximate surface area is 79.8 Å². The van der Waals surface area contributed by atoms with Crippen molar-refractivity contribution in [3.05, 3.63) is 0 Å². The largest absolute Gasteiger partial charge is 0.449 e. The van der Waals surface area contributed by atoms with Crippen molar-refractivity contribution in [1.82, 2.24) is 5.32 Å². The molecule has 0 saturated heterocycles. The van der Waals surface area contributed by atoms with Crippen LogP contribution in [0.3, 0.4) is 0 Å². The number of rotatable bonds is 4. The molecule has 0 spiro atoms. The van der Waals surface area contributed by atoms with E-state index >= 15 is 0 Å². The predicted molar refractivity (Wildman–Crippen MR) is 51.5 cm³/mol. The number of amides is 1. The van der Waals surface area contributed by atoms with Gasteiger partial charge in [0.2, 0.25) is 0 Å². The Kier molecular flexibility index (Phi) is 3.58. The van der Waals surface area contributed by atoms with E-state index in [2.05, 4.69) is 12.2 Å². The molecule has 3 heteroatoms. The highest BCUT2D eigenvalue weighted by Crippen LogP contribution is 2.40. The highest BCUT2D eigenvalue weighted by Gasteiger charge is 2.36. The molecule has 0 heterocycles. The van der Waals surface area contributed by atoms with Gasteiger partial charge in [-0.25, -0.2) is 4.79 Å².